The van der Waals surface area contributed by atoms with Crippen LogP contribution in [-0.2, 0) is 11.3 Å². The second-order valence-corrected chi connectivity index (χ2v) is 5.22. The highest BCUT2D eigenvalue weighted by molar-refractivity contribution is 6.31. The summed E-state index contributed by atoms with van der Waals surface area (Å²) in [4.78, 5) is 15.0. The zero-order valence-corrected chi connectivity index (χ0v) is 13.1. The minimum atomic E-state index is -0.420. The molecule has 1 aromatic carbocycles. The zero-order valence-electron chi connectivity index (χ0n) is 12.3. The van der Waals surface area contributed by atoms with Gasteiger partial charge in [-0.1, -0.05) is 18.5 Å². The molecule has 0 unspecified atom stereocenters. The van der Waals surface area contributed by atoms with E-state index in [9.17, 15) is 9.18 Å². The Balaban J connectivity index is 2.44. The average molecular weight is 320 g/mol. The van der Waals surface area contributed by atoms with Crippen LogP contribution in [0.4, 0.5) is 4.39 Å². The summed E-state index contributed by atoms with van der Waals surface area (Å²) in [5, 5.41) is 9.40. The number of amides is 1. The molecule has 2 rings (SSSR count). The summed E-state index contributed by atoms with van der Waals surface area (Å²) in [7, 11) is 1.65. The van der Waals surface area contributed by atoms with Crippen LogP contribution in [0.5, 0.6) is 0 Å². The number of allylic oxidation sites excluding steroid dienone is 1. The van der Waals surface area contributed by atoms with Crippen LogP contribution < -0.4 is 0 Å². The molecule has 114 valence electrons. The first-order valence-corrected chi connectivity index (χ1v) is 7.16. The normalized spacial score (nSPS) is 16.8. The number of nitrogens with zero attached hydrogens (tertiary/aromatic N) is 3. The minimum absolute atomic E-state index is 0.208. The van der Waals surface area contributed by atoms with Gasteiger partial charge < -0.3 is 4.90 Å². The molecule has 22 heavy (non-hydrogen) atoms. The molecule has 4 nitrogen and oxygen atoms in total. The Morgan fingerprint density at radius 2 is 2.18 bits per heavy atom. The largest absolute Gasteiger partial charge is 0.314 e. The van der Waals surface area contributed by atoms with Crippen LogP contribution in [-0.4, -0.2) is 22.8 Å². The highest BCUT2D eigenvalue weighted by Gasteiger charge is 2.26. The van der Waals surface area contributed by atoms with Gasteiger partial charge in [0.2, 0.25) is 0 Å². The molecule has 1 heterocycles. The molecule has 0 fully saturated rings. The van der Waals surface area contributed by atoms with Gasteiger partial charge in [0.25, 0.3) is 5.91 Å². The van der Waals surface area contributed by atoms with Gasteiger partial charge in [-0.05, 0) is 36.3 Å². The van der Waals surface area contributed by atoms with E-state index in [1.54, 1.807) is 11.9 Å². The molecular formula is C16H15ClFN3O. The maximum absolute atomic E-state index is 13.5. The second kappa shape index (κ2) is 6.63. The first-order valence-electron chi connectivity index (χ1n) is 6.79. The van der Waals surface area contributed by atoms with Crippen LogP contribution in [0.15, 0.2) is 41.3 Å². The standard InChI is InChI=1S/C16H15ClFN3O/c1-3-4-15-20(2)16(22)8-14(17)21(15)10-12-7-13(18)6-5-11(12)9-19/h4-8H,3,10H2,1-2H3/b15-4+. The van der Waals surface area contributed by atoms with Crippen molar-refractivity contribution in [3.63, 3.8) is 0 Å². The van der Waals surface area contributed by atoms with Crippen molar-refractivity contribution in [1.82, 2.24) is 9.80 Å². The van der Waals surface area contributed by atoms with Crippen LogP contribution in [0.1, 0.15) is 24.5 Å². The fraction of sp³-hybridized carbons (Fsp3) is 0.250. The molecule has 6 heteroatoms. The molecule has 1 aliphatic heterocycles. The Kier molecular flexibility index (Phi) is 4.84. The van der Waals surface area contributed by atoms with E-state index in [1.165, 1.54) is 29.2 Å². The van der Waals surface area contributed by atoms with E-state index in [0.29, 0.717) is 23.4 Å². The quantitative estimate of drug-likeness (QED) is 0.803. The van der Waals surface area contributed by atoms with Gasteiger partial charge in [-0.15, -0.1) is 0 Å². The number of rotatable bonds is 3. The SMILES string of the molecule is CC/C=C1\N(C)C(=O)C=C(Cl)N1Cc1cc(F)ccc1C#N. The number of carbonyl (C=O) groups is 1. The van der Waals surface area contributed by atoms with E-state index < -0.39 is 5.82 Å². The number of carbonyl (C=O) groups excluding carboxylic acids is 1. The summed E-state index contributed by atoms with van der Waals surface area (Å²) in [6.45, 7) is 2.15. The minimum Gasteiger partial charge on any atom is -0.314 e. The van der Waals surface area contributed by atoms with Crippen LogP contribution >= 0.6 is 11.6 Å². The maximum atomic E-state index is 13.5. The van der Waals surface area contributed by atoms with Crippen LogP contribution in [0.2, 0.25) is 0 Å². The monoisotopic (exact) mass is 319 g/mol. The summed E-state index contributed by atoms with van der Waals surface area (Å²) in [6.07, 6.45) is 3.88. The summed E-state index contributed by atoms with van der Waals surface area (Å²) in [6, 6.07) is 6.03. The molecule has 0 aromatic heterocycles. The van der Waals surface area contributed by atoms with Crippen molar-refractivity contribution in [3.05, 3.63) is 58.3 Å². The lowest BCUT2D eigenvalue weighted by Crippen LogP contribution is -2.39. The number of nitriles is 1. The summed E-state index contributed by atoms with van der Waals surface area (Å²) in [5.41, 5.74) is 0.889. The van der Waals surface area contributed by atoms with Gasteiger partial charge in [0.05, 0.1) is 18.2 Å². The predicted molar refractivity (Wildman–Crippen MR) is 81.7 cm³/mol. The molecule has 0 N–H and O–H groups in total. The lowest BCUT2D eigenvalue weighted by atomic mass is 10.1. The maximum Gasteiger partial charge on any atom is 0.254 e. The number of benzene rings is 1. The van der Waals surface area contributed by atoms with E-state index in [-0.39, 0.29) is 17.6 Å². The lowest BCUT2D eigenvalue weighted by Gasteiger charge is -2.35. The van der Waals surface area contributed by atoms with Crippen molar-refractivity contribution in [1.29, 1.82) is 5.26 Å². The predicted octanol–water partition coefficient (Wildman–Crippen LogP) is 3.30. The zero-order chi connectivity index (χ0) is 16.3. The first kappa shape index (κ1) is 16.1. The van der Waals surface area contributed by atoms with Gasteiger partial charge in [0, 0.05) is 13.1 Å². The summed E-state index contributed by atoms with van der Waals surface area (Å²) in [5.74, 6) is -0.0228. The van der Waals surface area contributed by atoms with E-state index in [2.05, 4.69) is 0 Å². The number of hydrogen-bond donors (Lipinski definition) is 0. The van der Waals surface area contributed by atoms with Crippen LogP contribution in [0.25, 0.3) is 0 Å². The molecule has 0 bridgehead atoms. The van der Waals surface area contributed by atoms with Crippen molar-refractivity contribution in [2.45, 2.75) is 19.9 Å². The lowest BCUT2D eigenvalue weighted by molar-refractivity contribution is -0.125. The third-order valence-corrected chi connectivity index (χ3v) is 3.67. The third-order valence-electron chi connectivity index (χ3n) is 3.35. The molecule has 0 radical (unpaired) electrons. The average Bonchev–Trinajstić information content (AvgIpc) is 2.48. The van der Waals surface area contributed by atoms with Crippen LogP contribution in [0, 0.1) is 17.1 Å². The highest BCUT2D eigenvalue weighted by atomic mass is 35.5. The van der Waals surface area contributed by atoms with Crippen molar-refractivity contribution in [2.24, 2.45) is 0 Å². The fourth-order valence-electron chi connectivity index (χ4n) is 2.24. The number of likely N-dealkylation sites (N-methyl/N-ethyl adjacent to an activating group) is 1. The Morgan fingerprint density at radius 1 is 1.45 bits per heavy atom. The summed E-state index contributed by atoms with van der Waals surface area (Å²) >= 11 is 6.18. The smallest absolute Gasteiger partial charge is 0.254 e. The molecular weight excluding hydrogens is 305 g/mol. The molecule has 0 atom stereocenters. The second-order valence-electron chi connectivity index (χ2n) is 4.83. The number of hydrogen-bond acceptors (Lipinski definition) is 3. The van der Waals surface area contributed by atoms with Gasteiger partial charge in [-0.2, -0.15) is 5.26 Å². The van der Waals surface area contributed by atoms with Gasteiger partial charge in [-0.25, -0.2) is 4.39 Å². The van der Waals surface area contributed by atoms with E-state index in [0.717, 1.165) is 0 Å². The molecule has 0 saturated carbocycles. The molecule has 1 amide bonds. The first-order chi connectivity index (χ1) is 10.5. The number of halogens is 2. The highest BCUT2D eigenvalue weighted by Crippen LogP contribution is 2.28. The van der Waals surface area contributed by atoms with E-state index in [4.69, 9.17) is 16.9 Å². The van der Waals surface area contributed by atoms with Crippen LogP contribution in [0.3, 0.4) is 0 Å². The van der Waals surface area contributed by atoms with Gasteiger partial charge in [-0.3, -0.25) is 9.69 Å². The van der Waals surface area contributed by atoms with E-state index >= 15 is 0 Å². The van der Waals surface area contributed by atoms with Crippen molar-refractivity contribution in [3.8, 4) is 6.07 Å². The Hall–Kier alpha value is -2.32. The Morgan fingerprint density at radius 3 is 2.82 bits per heavy atom. The molecule has 0 spiro atoms. The molecule has 0 aliphatic carbocycles. The topological polar surface area (TPSA) is 47.3 Å². The van der Waals surface area contributed by atoms with Crippen molar-refractivity contribution >= 4 is 17.5 Å². The molecule has 1 aliphatic rings. The van der Waals surface area contributed by atoms with Gasteiger partial charge >= 0.3 is 0 Å². The van der Waals surface area contributed by atoms with E-state index in [1.807, 2.05) is 19.1 Å². The van der Waals surface area contributed by atoms with Crippen molar-refractivity contribution < 1.29 is 9.18 Å². The van der Waals surface area contributed by atoms with Gasteiger partial charge in [0.15, 0.2) is 0 Å². The van der Waals surface area contributed by atoms with Crippen molar-refractivity contribution in [2.75, 3.05) is 7.05 Å². The fourth-order valence-corrected chi connectivity index (χ4v) is 2.48. The Labute approximate surface area is 133 Å². The summed E-state index contributed by atoms with van der Waals surface area (Å²) < 4.78 is 13.5. The third kappa shape index (κ3) is 3.12. The molecule has 0 saturated heterocycles. The Bertz CT molecular complexity index is 706. The van der Waals surface area contributed by atoms with Gasteiger partial charge in [0.1, 0.15) is 16.8 Å². The molecule has 1 aromatic rings.